The minimum Gasteiger partial charge on any atom is -0.356 e. The third kappa shape index (κ3) is 6.39. The van der Waals surface area contributed by atoms with Crippen molar-refractivity contribution in [2.45, 2.75) is 45.7 Å². The standard InChI is InChI=1S/C21H27F3N2O2/c1-3-5-19(27)25-13-16-6-4-11-26(14-16)20(28)12-15(2)17-7-9-18(10-8-17)21(22,23)24/h7-10,12,16H,3-6,11,13-14H2,1-2H3,(H,25,27). The van der Waals surface area contributed by atoms with E-state index < -0.39 is 11.7 Å². The summed E-state index contributed by atoms with van der Waals surface area (Å²) in [5.41, 5.74) is 0.498. The van der Waals surface area contributed by atoms with Gasteiger partial charge >= 0.3 is 6.18 Å². The monoisotopic (exact) mass is 396 g/mol. The molecule has 1 aromatic carbocycles. The van der Waals surface area contributed by atoms with Gasteiger partial charge in [0, 0.05) is 32.1 Å². The van der Waals surface area contributed by atoms with Crippen molar-refractivity contribution in [2.24, 2.45) is 5.92 Å². The Bertz CT molecular complexity index is 711. The van der Waals surface area contributed by atoms with Gasteiger partial charge in [0.1, 0.15) is 0 Å². The summed E-state index contributed by atoms with van der Waals surface area (Å²) >= 11 is 0. The zero-order chi connectivity index (χ0) is 20.7. The maximum absolute atomic E-state index is 12.7. The molecule has 1 fully saturated rings. The molecule has 1 aliphatic rings. The van der Waals surface area contributed by atoms with Gasteiger partial charge in [-0.1, -0.05) is 19.1 Å². The summed E-state index contributed by atoms with van der Waals surface area (Å²) in [6.45, 7) is 5.44. The van der Waals surface area contributed by atoms with Crippen molar-refractivity contribution in [1.82, 2.24) is 10.2 Å². The van der Waals surface area contributed by atoms with Crippen LogP contribution in [0, 0.1) is 5.92 Å². The zero-order valence-electron chi connectivity index (χ0n) is 16.3. The molecular formula is C21H27F3N2O2. The number of alkyl halides is 3. The van der Waals surface area contributed by atoms with Gasteiger partial charge < -0.3 is 10.2 Å². The summed E-state index contributed by atoms with van der Waals surface area (Å²) in [6, 6.07) is 4.80. The predicted octanol–water partition coefficient (Wildman–Crippen LogP) is 4.26. The molecule has 0 spiro atoms. The molecule has 28 heavy (non-hydrogen) atoms. The summed E-state index contributed by atoms with van der Waals surface area (Å²) in [5.74, 6) is 0.101. The van der Waals surface area contributed by atoms with Crippen LogP contribution in [0.15, 0.2) is 30.3 Å². The second kappa shape index (κ2) is 9.75. The maximum atomic E-state index is 12.7. The largest absolute Gasteiger partial charge is 0.416 e. The summed E-state index contributed by atoms with van der Waals surface area (Å²) in [6.07, 6.45) is 0.229. The highest BCUT2D eigenvalue weighted by atomic mass is 19.4. The maximum Gasteiger partial charge on any atom is 0.416 e. The number of allylic oxidation sites excluding steroid dienone is 1. The SMILES string of the molecule is CCCC(=O)NCC1CCCN(C(=O)C=C(C)c2ccc(C(F)(F)F)cc2)C1. The molecule has 154 valence electrons. The molecule has 1 saturated heterocycles. The van der Waals surface area contributed by atoms with Crippen LogP contribution in [0.1, 0.15) is 50.7 Å². The number of likely N-dealkylation sites (tertiary alicyclic amines) is 1. The number of carbonyl (C=O) groups is 2. The molecule has 0 aromatic heterocycles. The molecule has 1 atom stereocenters. The molecule has 2 rings (SSSR count). The Kier molecular flexibility index (Phi) is 7.66. The van der Waals surface area contributed by atoms with Crippen LogP contribution in [0.25, 0.3) is 5.57 Å². The van der Waals surface area contributed by atoms with E-state index in [9.17, 15) is 22.8 Å². The minimum absolute atomic E-state index is 0.0315. The zero-order valence-corrected chi connectivity index (χ0v) is 16.3. The molecule has 1 aromatic rings. The highest BCUT2D eigenvalue weighted by Crippen LogP contribution is 2.30. The van der Waals surface area contributed by atoms with Crippen molar-refractivity contribution < 1.29 is 22.8 Å². The fraction of sp³-hybridized carbons (Fsp3) is 0.524. The smallest absolute Gasteiger partial charge is 0.356 e. The highest BCUT2D eigenvalue weighted by Gasteiger charge is 2.30. The number of carbonyl (C=O) groups excluding carboxylic acids is 2. The van der Waals surface area contributed by atoms with E-state index >= 15 is 0 Å². The first-order valence-corrected chi connectivity index (χ1v) is 9.62. The fourth-order valence-corrected chi connectivity index (χ4v) is 3.29. The van der Waals surface area contributed by atoms with E-state index in [0.717, 1.165) is 31.4 Å². The molecule has 0 saturated carbocycles. The molecule has 0 aliphatic carbocycles. The van der Waals surface area contributed by atoms with Crippen LogP contribution in [0.2, 0.25) is 0 Å². The van der Waals surface area contributed by atoms with Gasteiger partial charge in [-0.05, 0) is 55.4 Å². The van der Waals surface area contributed by atoms with E-state index in [1.165, 1.54) is 18.2 Å². The number of nitrogens with one attached hydrogen (secondary N) is 1. The van der Waals surface area contributed by atoms with E-state index in [-0.39, 0.29) is 17.7 Å². The van der Waals surface area contributed by atoms with Crippen LogP contribution in [0.5, 0.6) is 0 Å². The lowest BCUT2D eigenvalue weighted by atomic mass is 9.97. The lowest BCUT2D eigenvalue weighted by Crippen LogP contribution is -2.43. The van der Waals surface area contributed by atoms with Crippen LogP contribution in [-0.4, -0.2) is 36.3 Å². The minimum atomic E-state index is -4.37. The first-order valence-electron chi connectivity index (χ1n) is 9.62. The van der Waals surface area contributed by atoms with Gasteiger partial charge in [0.2, 0.25) is 11.8 Å². The predicted molar refractivity (Wildman–Crippen MR) is 102 cm³/mol. The number of rotatable bonds is 6. The van der Waals surface area contributed by atoms with Crippen LogP contribution in [0.3, 0.4) is 0 Å². The Morgan fingerprint density at radius 3 is 2.54 bits per heavy atom. The average Bonchev–Trinajstić information content (AvgIpc) is 2.66. The van der Waals surface area contributed by atoms with Gasteiger partial charge in [-0.2, -0.15) is 13.2 Å². The normalized spacial score (nSPS) is 18.1. The highest BCUT2D eigenvalue weighted by molar-refractivity contribution is 5.95. The van der Waals surface area contributed by atoms with Crippen molar-refractivity contribution in [3.8, 4) is 0 Å². The van der Waals surface area contributed by atoms with Gasteiger partial charge in [-0.3, -0.25) is 9.59 Å². The van der Waals surface area contributed by atoms with E-state index in [2.05, 4.69) is 5.32 Å². The van der Waals surface area contributed by atoms with Gasteiger partial charge in [0.05, 0.1) is 5.56 Å². The van der Waals surface area contributed by atoms with Crippen molar-refractivity contribution in [3.63, 3.8) is 0 Å². The number of piperidine rings is 1. The molecule has 4 nitrogen and oxygen atoms in total. The number of nitrogens with zero attached hydrogens (tertiary/aromatic N) is 1. The number of halogens is 3. The van der Waals surface area contributed by atoms with E-state index in [1.54, 1.807) is 11.8 Å². The summed E-state index contributed by atoms with van der Waals surface area (Å²) in [5, 5.41) is 2.91. The summed E-state index contributed by atoms with van der Waals surface area (Å²) < 4.78 is 38.0. The quantitative estimate of drug-likeness (QED) is 0.731. The molecule has 1 N–H and O–H groups in total. The lowest BCUT2D eigenvalue weighted by Gasteiger charge is -2.32. The fourth-order valence-electron chi connectivity index (χ4n) is 3.29. The van der Waals surface area contributed by atoms with Crippen LogP contribution < -0.4 is 5.32 Å². The molecule has 0 bridgehead atoms. The van der Waals surface area contributed by atoms with Crippen LogP contribution in [0.4, 0.5) is 13.2 Å². The molecule has 1 unspecified atom stereocenters. The van der Waals surface area contributed by atoms with Crippen LogP contribution in [-0.2, 0) is 15.8 Å². The first kappa shape index (κ1) is 22.0. The number of benzene rings is 1. The van der Waals surface area contributed by atoms with E-state index in [4.69, 9.17) is 0 Å². The third-order valence-electron chi connectivity index (χ3n) is 4.90. The Hall–Kier alpha value is -2.31. The van der Waals surface area contributed by atoms with E-state index in [1.807, 2.05) is 6.92 Å². The third-order valence-corrected chi connectivity index (χ3v) is 4.90. The lowest BCUT2D eigenvalue weighted by molar-refractivity contribution is -0.137. The van der Waals surface area contributed by atoms with Crippen molar-refractivity contribution in [3.05, 3.63) is 41.5 Å². The van der Waals surface area contributed by atoms with Gasteiger partial charge in [-0.15, -0.1) is 0 Å². The molecule has 0 radical (unpaired) electrons. The Morgan fingerprint density at radius 1 is 1.25 bits per heavy atom. The average molecular weight is 396 g/mol. The van der Waals surface area contributed by atoms with Gasteiger partial charge in [0.25, 0.3) is 0 Å². The second-order valence-electron chi connectivity index (χ2n) is 7.25. The molecule has 1 aliphatic heterocycles. The number of hydrogen-bond donors (Lipinski definition) is 1. The molecule has 2 amide bonds. The van der Waals surface area contributed by atoms with Gasteiger partial charge in [-0.25, -0.2) is 0 Å². The second-order valence-corrected chi connectivity index (χ2v) is 7.25. The van der Waals surface area contributed by atoms with E-state index in [0.29, 0.717) is 37.2 Å². The Balaban J connectivity index is 1.95. The summed E-state index contributed by atoms with van der Waals surface area (Å²) in [7, 11) is 0. The van der Waals surface area contributed by atoms with Crippen LogP contribution >= 0.6 is 0 Å². The number of amides is 2. The summed E-state index contributed by atoms with van der Waals surface area (Å²) in [4.78, 5) is 25.9. The topological polar surface area (TPSA) is 49.4 Å². The van der Waals surface area contributed by atoms with Gasteiger partial charge in [0.15, 0.2) is 0 Å². The first-order chi connectivity index (χ1) is 13.2. The Labute approximate surface area is 163 Å². The molecule has 7 heteroatoms. The van der Waals surface area contributed by atoms with Crippen molar-refractivity contribution in [2.75, 3.05) is 19.6 Å². The molecular weight excluding hydrogens is 369 g/mol. The van der Waals surface area contributed by atoms with Crippen molar-refractivity contribution >= 4 is 17.4 Å². The molecule has 1 heterocycles. The Morgan fingerprint density at radius 2 is 1.93 bits per heavy atom. The van der Waals surface area contributed by atoms with Crippen molar-refractivity contribution in [1.29, 1.82) is 0 Å². The number of hydrogen-bond acceptors (Lipinski definition) is 2.